The van der Waals surface area contributed by atoms with Gasteiger partial charge in [0.25, 0.3) is 0 Å². The monoisotopic (exact) mass is 313 g/mol. The van der Waals surface area contributed by atoms with Crippen molar-refractivity contribution in [2.75, 3.05) is 6.54 Å². The second kappa shape index (κ2) is 8.54. The van der Waals surface area contributed by atoms with Crippen LogP contribution < -0.4 is 10.1 Å². The zero-order valence-electron chi connectivity index (χ0n) is 11.6. The Morgan fingerprint density at radius 1 is 1.22 bits per heavy atom. The average Bonchev–Trinajstić information content (AvgIpc) is 2.38. The molecule has 2 nitrogen and oxygen atoms in total. The van der Waals surface area contributed by atoms with Crippen molar-refractivity contribution in [3.8, 4) is 5.75 Å². The van der Waals surface area contributed by atoms with E-state index in [4.69, 9.17) is 4.74 Å². The van der Waals surface area contributed by atoms with Crippen LogP contribution in [-0.2, 0) is 6.54 Å². The summed E-state index contributed by atoms with van der Waals surface area (Å²) in [6.45, 7) is 8.42. The Bertz CT molecular complexity index is 350. The van der Waals surface area contributed by atoms with Crippen LogP contribution in [0.4, 0.5) is 0 Å². The first-order valence-electron chi connectivity index (χ1n) is 6.87. The predicted octanol–water partition coefficient (Wildman–Crippen LogP) is 4.52. The quantitative estimate of drug-likeness (QED) is 0.713. The van der Waals surface area contributed by atoms with Gasteiger partial charge in [0.05, 0.1) is 6.10 Å². The first-order chi connectivity index (χ1) is 8.71. The SMILES string of the molecule is CCCNCc1cc(Br)ccc1OC(CC)CC. The summed E-state index contributed by atoms with van der Waals surface area (Å²) in [5.41, 5.74) is 1.23. The molecule has 1 aromatic rings. The van der Waals surface area contributed by atoms with Crippen LogP contribution in [0.1, 0.15) is 45.6 Å². The van der Waals surface area contributed by atoms with E-state index >= 15 is 0 Å². The molecule has 0 atom stereocenters. The molecule has 0 saturated heterocycles. The normalized spacial score (nSPS) is 10.9. The Morgan fingerprint density at radius 3 is 2.56 bits per heavy atom. The van der Waals surface area contributed by atoms with Crippen molar-refractivity contribution in [3.05, 3.63) is 28.2 Å². The van der Waals surface area contributed by atoms with Gasteiger partial charge >= 0.3 is 0 Å². The molecular weight excluding hydrogens is 290 g/mol. The van der Waals surface area contributed by atoms with Gasteiger partial charge in [-0.15, -0.1) is 0 Å². The highest BCUT2D eigenvalue weighted by Crippen LogP contribution is 2.25. The number of ether oxygens (including phenoxy) is 1. The highest BCUT2D eigenvalue weighted by atomic mass is 79.9. The number of benzene rings is 1. The van der Waals surface area contributed by atoms with Crippen molar-refractivity contribution in [3.63, 3.8) is 0 Å². The maximum Gasteiger partial charge on any atom is 0.124 e. The second-order valence-corrected chi connectivity index (χ2v) is 5.40. The number of halogens is 1. The van der Waals surface area contributed by atoms with E-state index in [0.29, 0.717) is 6.10 Å². The van der Waals surface area contributed by atoms with Gasteiger partial charge in [0.15, 0.2) is 0 Å². The molecule has 0 radical (unpaired) electrons. The van der Waals surface area contributed by atoms with Crippen LogP contribution in [0.2, 0.25) is 0 Å². The molecule has 0 spiro atoms. The van der Waals surface area contributed by atoms with Gasteiger partial charge < -0.3 is 10.1 Å². The fourth-order valence-electron chi connectivity index (χ4n) is 1.84. The van der Waals surface area contributed by atoms with Crippen molar-refractivity contribution in [1.29, 1.82) is 0 Å². The van der Waals surface area contributed by atoms with Gasteiger partial charge in [-0.2, -0.15) is 0 Å². The summed E-state index contributed by atoms with van der Waals surface area (Å²) in [4.78, 5) is 0. The van der Waals surface area contributed by atoms with Gasteiger partial charge in [0, 0.05) is 16.6 Å². The molecule has 0 fully saturated rings. The van der Waals surface area contributed by atoms with Crippen LogP contribution in [0.5, 0.6) is 5.75 Å². The van der Waals surface area contributed by atoms with Crippen LogP contribution >= 0.6 is 15.9 Å². The topological polar surface area (TPSA) is 21.3 Å². The Labute approximate surface area is 119 Å². The van der Waals surface area contributed by atoms with Crippen molar-refractivity contribution < 1.29 is 4.74 Å². The summed E-state index contributed by atoms with van der Waals surface area (Å²) in [5, 5.41) is 3.43. The van der Waals surface area contributed by atoms with Crippen molar-refractivity contribution in [1.82, 2.24) is 5.32 Å². The molecule has 0 aliphatic rings. The highest BCUT2D eigenvalue weighted by Gasteiger charge is 2.09. The molecule has 0 aliphatic heterocycles. The van der Waals surface area contributed by atoms with Crippen molar-refractivity contribution >= 4 is 15.9 Å². The fourth-order valence-corrected chi connectivity index (χ4v) is 2.24. The molecule has 1 aromatic carbocycles. The summed E-state index contributed by atoms with van der Waals surface area (Å²) in [6.07, 6.45) is 3.57. The van der Waals surface area contributed by atoms with E-state index in [1.807, 2.05) is 6.07 Å². The molecule has 0 bridgehead atoms. The number of nitrogens with one attached hydrogen (secondary N) is 1. The third-order valence-corrected chi connectivity index (χ3v) is 3.46. The van der Waals surface area contributed by atoms with Crippen LogP contribution in [-0.4, -0.2) is 12.6 Å². The first-order valence-corrected chi connectivity index (χ1v) is 7.66. The summed E-state index contributed by atoms with van der Waals surface area (Å²) in [6, 6.07) is 6.24. The van der Waals surface area contributed by atoms with Gasteiger partial charge in [-0.3, -0.25) is 0 Å². The van der Waals surface area contributed by atoms with E-state index in [9.17, 15) is 0 Å². The average molecular weight is 314 g/mol. The van der Waals surface area contributed by atoms with E-state index in [2.05, 4.69) is 54.2 Å². The van der Waals surface area contributed by atoms with Gasteiger partial charge in [-0.25, -0.2) is 0 Å². The van der Waals surface area contributed by atoms with Gasteiger partial charge in [0.1, 0.15) is 5.75 Å². The maximum absolute atomic E-state index is 6.07. The Morgan fingerprint density at radius 2 is 1.94 bits per heavy atom. The van der Waals surface area contributed by atoms with Gasteiger partial charge in [0.2, 0.25) is 0 Å². The molecule has 1 rings (SSSR count). The molecule has 102 valence electrons. The lowest BCUT2D eigenvalue weighted by Gasteiger charge is -2.19. The lowest BCUT2D eigenvalue weighted by atomic mass is 10.1. The van der Waals surface area contributed by atoms with E-state index in [1.54, 1.807) is 0 Å². The van der Waals surface area contributed by atoms with Crippen molar-refractivity contribution in [2.24, 2.45) is 0 Å². The molecule has 0 aromatic heterocycles. The minimum atomic E-state index is 0.316. The van der Waals surface area contributed by atoms with Crippen LogP contribution in [0, 0.1) is 0 Å². The second-order valence-electron chi connectivity index (χ2n) is 4.49. The summed E-state index contributed by atoms with van der Waals surface area (Å²) < 4.78 is 7.17. The summed E-state index contributed by atoms with van der Waals surface area (Å²) >= 11 is 3.52. The van der Waals surface area contributed by atoms with Gasteiger partial charge in [-0.05, 0) is 44.0 Å². The first kappa shape index (κ1) is 15.5. The molecular formula is C15H24BrNO. The van der Waals surface area contributed by atoms with E-state index in [-0.39, 0.29) is 0 Å². The molecule has 0 unspecified atom stereocenters. The zero-order chi connectivity index (χ0) is 13.4. The lowest BCUT2D eigenvalue weighted by molar-refractivity contribution is 0.190. The molecule has 0 amide bonds. The fraction of sp³-hybridized carbons (Fsp3) is 0.600. The Kier molecular flexibility index (Phi) is 7.36. The smallest absolute Gasteiger partial charge is 0.124 e. The summed E-state index contributed by atoms with van der Waals surface area (Å²) in [7, 11) is 0. The third-order valence-electron chi connectivity index (χ3n) is 2.97. The summed E-state index contributed by atoms with van der Waals surface area (Å²) in [5.74, 6) is 1.01. The van der Waals surface area contributed by atoms with Crippen LogP contribution in [0.3, 0.4) is 0 Å². The number of rotatable bonds is 8. The molecule has 0 heterocycles. The number of hydrogen-bond acceptors (Lipinski definition) is 2. The Balaban J connectivity index is 2.75. The predicted molar refractivity (Wildman–Crippen MR) is 81.1 cm³/mol. The molecule has 0 saturated carbocycles. The standard InChI is InChI=1S/C15H24BrNO/c1-4-9-17-11-12-10-13(16)7-8-15(12)18-14(5-2)6-3/h7-8,10,14,17H,4-6,9,11H2,1-3H3. The minimum Gasteiger partial charge on any atom is -0.490 e. The van der Waals surface area contributed by atoms with E-state index in [0.717, 1.165) is 42.6 Å². The van der Waals surface area contributed by atoms with Gasteiger partial charge in [-0.1, -0.05) is 36.7 Å². The molecule has 0 aliphatic carbocycles. The van der Waals surface area contributed by atoms with Crippen LogP contribution in [0.15, 0.2) is 22.7 Å². The largest absolute Gasteiger partial charge is 0.490 e. The molecule has 1 N–H and O–H groups in total. The number of hydrogen-bond donors (Lipinski definition) is 1. The zero-order valence-corrected chi connectivity index (χ0v) is 13.2. The molecule has 3 heteroatoms. The Hall–Kier alpha value is -0.540. The lowest BCUT2D eigenvalue weighted by Crippen LogP contribution is -2.18. The van der Waals surface area contributed by atoms with E-state index < -0.39 is 0 Å². The van der Waals surface area contributed by atoms with E-state index in [1.165, 1.54) is 5.56 Å². The molecule has 18 heavy (non-hydrogen) atoms. The third kappa shape index (κ3) is 4.99. The van der Waals surface area contributed by atoms with Crippen LogP contribution in [0.25, 0.3) is 0 Å². The van der Waals surface area contributed by atoms with Crippen molar-refractivity contribution in [2.45, 2.75) is 52.7 Å². The minimum absolute atomic E-state index is 0.316. The maximum atomic E-state index is 6.07. The highest BCUT2D eigenvalue weighted by molar-refractivity contribution is 9.10.